The van der Waals surface area contributed by atoms with E-state index in [2.05, 4.69) is 15.4 Å². The van der Waals surface area contributed by atoms with Crippen LogP contribution < -0.4 is 5.32 Å². The molecule has 3 aromatic rings. The lowest BCUT2D eigenvalue weighted by molar-refractivity contribution is 0.0695. The van der Waals surface area contributed by atoms with Crippen LogP contribution in [0, 0.1) is 0 Å². The van der Waals surface area contributed by atoms with E-state index in [0.29, 0.717) is 11.9 Å². The van der Waals surface area contributed by atoms with Crippen LogP contribution in [0.5, 0.6) is 0 Å². The van der Waals surface area contributed by atoms with Crippen LogP contribution in [0.15, 0.2) is 47.8 Å². The molecule has 1 amide bonds. The van der Waals surface area contributed by atoms with E-state index in [1.54, 1.807) is 16.0 Å². The molecule has 6 nitrogen and oxygen atoms in total. The van der Waals surface area contributed by atoms with Gasteiger partial charge in [0, 0.05) is 19.1 Å². The van der Waals surface area contributed by atoms with Crippen LogP contribution in [0.1, 0.15) is 23.5 Å². The zero-order valence-corrected chi connectivity index (χ0v) is 15.4. The highest BCUT2D eigenvalue weighted by molar-refractivity contribution is 7.13. The Morgan fingerprint density at radius 3 is 2.58 bits per heavy atom. The number of rotatable bonds is 4. The highest BCUT2D eigenvalue weighted by atomic mass is 32.1. The summed E-state index contributed by atoms with van der Waals surface area (Å²) in [5.74, 6) is 0.881. The zero-order valence-electron chi connectivity index (χ0n) is 14.6. The van der Waals surface area contributed by atoms with Crippen LogP contribution in [0.4, 0.5) is 0 Å². The molecule has 1 fully saturated rings. The first-order chi connectivity index (χ1) is 12.8. The van der Waals surface area contributed by atoms with Gasteiger partial charge in [-0.3, -0.25) is 4.79 Å². The largest absolute Gasteiger partial charge is 0.336 e. The number of hydrogen-bond donors (Lipinski definition) is 1. The molecule has 0 saturated carbocycles. The Morgan fingerprint density at radius 1 is 1.15 bits per heavy atom. The molecule has 0 unspecified atom stereocenters. The summed E-state index contributed by atoms with van der Waals surface area (Å²) in [6.45, 7) is 1.47. The molecule has 0 aliphatic carbocycles. The topological polar surface area (TPSA) is 63.1 Å². The summed E-state index contributed by atoms with van der Waals surface area (Å²) >= 11 is 1.59. The van der Waals surface area contributed by atoms with Crippen molar-refractivity contribution >= 4 is 17.2 Å². The second kappa shape index (κ2) is 7.39. The third-order valence-corrected chi connectivity index (χ3v) is 5.60. The number of carbonyl (C=O) groups is 1. The first kappa shape index (κ1) is 16.9. The second-order valence-corrected chi connectivity index (χ2v) is 7.29. The zero-order chi connectivity index (χ0) is 17.9. The van der Waals surface area contributed by atoms with E-state index >= 15 is 0 Å². The van der Waals surface area contributed by atoms with Gasteiger partial charge >= 0.3 is 0 Å². The number of nitrogens with one attached hydrogen (secondary N) is 1. The third-order valence-electron chi connectivity index (χ3n) is 4.73. The van der Waals surface area contributed by atoms with Gasteiger partial charge in [-0.05, 0) is 43.5 Å². The van der Waals surface area contributed by atoms with Crippen LogP contribution in [0.3, 0.4) is 0 Å². The van der Waals surface area contributed by atoms with E-state index in [4.69, 9.17) is 0 Å². The fourth-order valence-electron chi connectivity index (χ4n) is 3.23. The number of amides is 1. The minimum absolute atomic E-state index is 0.0907. The normalized spacial score (nSPS) is 15.3. The van der Waals surface area contributed by atoms with Crippen molar-refractivity contribution in [1.29, 1.82) is 0 Å². The van der Waals surface area contributed by atoms with Gasteiger partial charge in [0.1, 0.15) is 0 Å². The van der Waals surface area contributed by atoms with Crippen molar-refractivity contribution in [2.75, 3.05) is 20.1 Å². The predicted octanol–water partition coefficient (Wildman–Crippen LogP) is 2.82. The van der Waals surface area contributed by atoms with Crippen molar-refractivity contribution < 1.29 is 4.79 Å². The summed E-state index contributed by atoms with van der Waals surface area (Å²) in [5.41, 5.74) is 0.899. The van der Waals surface area contributed by atoms with E-state index in [0.717, 1.165) is 36.5 Å². The molecule has 1 aliphatic rings. The number of carbonyl (C=O) groups excluding carboxylic acids is 1. The minimum Gasteiger partial charge on any atom is -0.336 e. The molecule has 0 spiro atoms. The van der Waals surface area contributed by atoms with Crippen LogP contribution >= 0.6 is 11.3 Å². The number of thiophene rings is 1. The van der Waals surface area contributed by atoms with E-state index in [1.807, 2.05) is 59.8 Å². The molecule has 26 heavy (non-hydrogen) atoms. The first-order valence-electron chi connectivity index (χ1n) is 8.79. The average Bonchev–Trinajstić information content (AvgIpc) is 3.38. The molecule has 0 atom stereocenters. The van der Waals surface area contributed by atoms with Gasteiger partial charge in [-0.15, -0.1) is 16.4 Å². The maximum absolute atomic E-state index is 12.9. The molecule has 134 valence electrons. The molecule has 1 aliphatic heterocycles. The maximum Gasteiger partial charge on any atom is 0.293 e. The van der Waals surface area contributed by atoms with E-state index in [1.165, 1.54) is 0 Å². The van der Waals surface area contributed by atoms with E-state index in [-0.39, 0.29) is 11.7 Å². The van der Waals surface area contributed by atoms with Gasteiger partial charge in [-0.2, -0.15) is 0 Å². The van der Waals surface area contributed by atoms with Gasteiger partial charge in [0.25, 0.3) is 5.91 Å². The molecule has 1 saturated heterocycles. The summed E-state index contributed by atoms with van der Waals surface area (Å²) in [4.78, 5) is 20.4. The molecule has 1 N–H and O–H groups in total. The van der Waals surface area contributed by atoms with Crippen molar-refractivity contribution in [3.05, 3.63) is 53.7 Å². The number of nitrogens with zero attached hydrogens (tertiary/aromatic N) is 4. The minimum atomic E-state index is -0.0907. The van der Waals surface area contributed by atoms with Gasteiger partial charge in [0.05, 0.1) is 10.6 Å². The average molecular weight is 367 g/mol. The molecule has 0 radical (unpaired) electrons. The number of hydrogen-bond acceptors (Lipinski definition) is 5. The Kier molecular flexibility index (Phi) is 4.81. The quantitative estimate of drug-likeness (QED) is 0.770. The van der Waals surface area contributed by atoms with Crippen LogP contribution in [0.25, 0.3) is 16.4 Å². The van der Waals surface area contributed by atoms with Crippen LogP contribution in [0.2, 0.25) is 0 Å². The number of aromatic nitrogens is 3. The summed E-state index contributed by atoms with van der Waals surface area (Å²) in [7, 11) is 1.97. The number of piperidine rings is 1. The Balaban J connectivity index is 1.66. The highest BCUT2D eigenvalue weighted by Crippen LogP contribution is 2.26. The van der Waals surface area contributed by atoms with Crippen molar-refractivity contribution in [2.24, 2.45) is 0 Å². The SMILES string of the molecule is CNC1CCN(C(=O)c2nc(-c3cccs3)n(-c3ccccc3)n2)CC1. The third kappa shape index (κ3) is 3.27. The Hall–Kier alpha value is -2.51. The maximum atomic E-state index is 12.9. The van der Waals surface area contributed by atoms with Gasteiger partial charge in [0.15, 0.2) is 5.82 Å². The summed E-state index contributed by atoms with van der Waals surface area (Å²) in [6.07, 6.45) is 1.92. The fraction of sp³-hybridized carbons (Fsp3) is 0.316. The lowest BCUT2D eigenvalue weighted by Crippen LogP contribution is -2.44. The summed E-state index contributed by atoms with van der Waals surface area (Å²) in [6, 6.07) is 14.3. The summed E-state index contributed by atoms with van der Waals surface area (Å²) < 4.78 is 1.76. The van der Waals surface area contributed by atoms with Gasteiger partial charge in [-0.1, -0.05) is 24.3 Å². The molecule has 4 rings (SSSR count). The number of para-hydroxylation sites is 1. The first-order valence-corrected chi connectivity index (χ1v) is 9.67. The van der Waals surface area contributed by atoms with Gasteiger partial charge in [0.2, 0.25) is 5.82 Å². The monoisotopic (exact) mass is 367 g/mol. The number of benzene rings is 1. The van der Waals surface area contributed by atoms with Gasteiger partial charge in [-0.25, -0.2) is 9.67 Å². The van der Waals surface area contributed by atoms with Crippen molar-refractivity contribution in [3.8, 4) is 16.4 Å². The van der Waals surface area contributed by atoms with Crippen molar-refractivity contribution in [3.63, 3.8) is 0 Å². The van der Waals surface area contributed by atoms with E-state index < -0.39 is 0 Å². The standard InChI is InChI=1S/C19H21N5OS/c1-20-14-9-11-23(12-10-14)19(25)17-21-18(16-8-5-13-26-16)24(22-17)15-6-3-2-4-7-15/h2-8,13-14,20H,9-12H2,1H3. The molecular formula is C19H21N5OS. The lowest BCUT2D eigenvalue weighted by Gasteiger charge is -2.30. The summed E-state index contributed by atoms with van der Waals surface area (Å²) in [5, 5.41) is 9.84. The van der Waals surface area contributed by atoms with Crippen LogP contribution in [-0.2, 0) is 0 Å². The van der Waals surface area contributed by atoms with Crippen LogP contribution in [-0.4, -0.2) is 51.8 Å². The molecule has 1 aromatic carbocycles. The molecule has 7 heteroatoms. The Morgan fingerprint density at radius 2 is 1.92 bits per heavy atom. The lowest BCUT2D eigenvalue weighted by atomic mass is 10.1. The number of likely N-dealkylation sites (tertiary alicyclic amines) is 1. The fourth-order valence-corrected chi connectivity index (χ4v) is 3.93. The molecule has 2 aromatic heterocycles. The smallest absolute Gasteiger partial charge is 0.293 e. The highest BCUT2D eigenvalue weighted by Gasteiger charge is 2.27. The van der Waals surface area contributed by atoms with Crippen molar-refractivity contribution in [2.45, 2.75) is 18.9 Å². The van der Waals surface area contributed by atoms with Gasteiger partial charge < -0.3 is 10.2 Å². The Labute approximate surface area is 156 Å². The Bertz CT molecular complexity index is 867. The predicted molar refractivity (Wildman–Crippen MR) is 103 cm³/mol. The molecule has 0 bridgehead atoms. The van der Waals surface area contributed by atoms with Crippen molar-refractivity contribution in [1.82, 2.24) is 25.0 Å². The molecular weight excluding hydrogens is 346 g/mol. The molecule has 3 heterocycles. The van der Waals surface area contributed by atoms with E-state index in [9.17, 15) is 4.79 Å². The second-order valence-electron chi connectivity index (χ2n) is 6.34.